The Morgan fingerprint density at radius 3 is 2.50 bits per heavy atom. The van der Waals surface area contributed by atoms with Gasteiger partial charge in [-0.3, -0.25) is 4.79 Å². The number of amides is 1. The minimum absolute atomic E-state index is 0.288. The Balaban J connectivity index is 1.84. The van der Waals surface area contributed by atoms with Gasteiger partial charge < -0.3 is 19.4 Å². The lowest BCUT2D eigenvalue weighted by atomic mass is 10.1. The van der Waals surface area contributed by atoms with E-state index >= 15 is 0 Å². The number of benzene rings is 2. The average Bonchev–Trinajstić information content (AvgIpc) is 3.16. The molecule has 0 aliphatic rings. The summed E-state index contributed by atoms with van der Waals surface area (Å²) in [6.45, 7) is 0. The summed E-state index contributed by atoms with van der Waals surface area (Å²) in [6, 6.07) is 10.3. The number of halogens is 2. The molecule has 30 heavy (non-hydrogen) atoms. The number of hydrogen-bond acceptors (Lipinski definition) is 4. The van der Waals surface area contributed by atoms with E-state index in [0.717, 1.165) is 5.56 Å². The van der Waals surface area contributed by atoms with Gasteiger partial charge in [-0.1, -0.05) is 35.3 Å². The fraction of sp³-hybridized carbons (Fsp3) is 0.182. The summed E-state index contributed by atoms with van der Waals surface area (Å²) in [4.78, 5) is 17.1. The number of hydrogen-bond donors (Lipinski definition) is 1. The average molecular weight is 446 g/mol. The van der Waals surface area contributed by atoms with Crippen LogP contribution in [0.4, 0.5) is 0 Å². The van der Waals surface area contributed by atoms with Crippen LogP contribution in [-0.2, 0) is 11.8 Å². The van der Waals surface area contributed by atoms with Gasteiger partial charge in [-0.25, -0.2) is 4.98 Å². The molecule has 1 amide bonds. The minimum atomic E-state index is -0.437. The smallest absolute Gasteiger partial charge is 0.244 e. The van der Waals surface area contributed by atoms with E-state index in [1.165, 1.54) is 20.3 Å². The monoisotopic (exact) mass is 445 g/mol. The molecule has 156 valence electrons. The molecule has 0 radical (unpaired) electrons. The summed E-state index contributed by atoms with van der Waals surface area (Å²) in [6.07, 6.45) is 6.60. The molecule has 1 aromatic heterocycles. The molecule has 0 fully saturated rings. The molecule has 0 saturated heterocycles. The quantitative estimate of drug-likeness (QED) is 0.536. The first kappa shape index (κ1) is 21.7. The van der Waals surface area contributed by atoms with Crippen molar-refractivity contribution in [2.24, 2.45) is 7.05 Å². The molecule has 2 aromatic carbocycles. The summed E-state index contributed by atoms with van der Waals surface area (Å²) in [5.74, 6) is 1.34. The van der Waals surface area contributed by atoms with Crippen LogP contribution in [0.25, 0.3) is 6.08 Å². The molecule has 1 heterocycles. The van der Waals surface area contributed by atoms with Gasteiger partial charge >= 0.3 is 0 Å². The van der Waals surface area contributed by atoms with E-state index in [1.54, 1.807) is 36.5 Å². The maximum absolute atomic E-state index is 12.7. The van der Waals surface area contributed by atoms with E-state index in [9.17, 15) is 4.79 Å². The third kappa shape index (κ3) is 4.96. The fourth-order valence-corrected chi connectivity index (χ4v) is 3.43. The first-order valence-electron chi connectivity index (χ1n) is 9.05. The summed E-state index contributed by atoms with van der Waals surface area (Å²) in [5, 5.41) is 4.00. The Kier molecular flexibility index (Phi) is 7.03. The number of imidazole rings is 1. The molecule has 1 unspecified atom stereocenters. The number of aryl methyl sites for hydroxylation is 1. The second-order valence-electron chi connectivity index (χ2n) is 6.46. The van der Waals surface area contributed by atoms with Crippen LogP contribution in [0.3, 0.4) is 0 Å². The summed E-state index contributed by atoms with van der Waals surface area (Å²) >= 11 is 12.2. The minimum Gasteiger partial charge on any atom is -0.493 e. The maximum atomic E-state index is 12.7. The highest BCUT2D eigenvalue weighted by molar-refractivity contribution is 6.32. The van der Waals surface area contributed by atoms with Gasteiger partial charge in [0.25, 0.3) is 0 Å². The van der Waals surface area contributed by atoms with Crippen LogP contribution in [0.15, 0.2) is 54.9 Å². The number of nitrogens with one attached hydrogen (secondary N) is 1. The number of methoxy groups -OCH3 is 2. The van der Waals surface area contributed by atoms with Gasteiger partial charge in [0.1, 0.15) is 11.9 Å². The van der Waals surface area contributed by atoms with Gasteiger partial charge in [-0.15, -0.1) is 0 Å². The third-order valence-corrected chi connectivity index (χ3v) is 5.02. The van der Waals surface area contributed by atoms with E-state index in [2.05, 4.69) is 10.3 Å². The van der Waals surface area contributed by atoms with Gasteiger partial charge in [0, 0.05) is 30.5 Å². The normalized spacial score (nSPS) is 12.0. The molecular weight excluding hydrogens is 425 g/mol. The first-order chi connectivity index (χ1) is 14.4. The molecule has 1 atom stereocenters. The summed E-state index contributed by atoms with van der Waals surface area (Å²) < 4.78 is 12.4. The van der Waals surface area contributed by atoms with E-state index in [0.29, 0.717) is 32.9 Å². The van der Waals surface area contributed by atoms with Crippen molar-refractivity contribution in [2.45, 2.75) is 6.04 Å². The lowest BCUT2D eigenvalue weighted by Gasteiger charge is -2.18. The van der Waals surface area contributed by atoms with Gasteiger partial charge in [-0.2, -0.15) is 0 Å². The van der Waals surface area contributed by atoms with Crippen LogP contribution in [0.5, 0.6) is 11.5 Å². The van der Waals surface area contributed by atoms with E-state index in [-0.39, 0.29) is 5.91 Å². The van der Waals surface area contributed by atoms with E-state index < -0.39 is 6.04 Å². The lowest BCUT2D eigenvalue weighted by molar-refractivity contribution is -0.117. The molecule has 1 N–H and O–H groups in total. The molecule has 0 bridgehead atoms. The van der Waals surface area contributed by atoms with Gasteiger partial charge in [0.05, 0.1) is 19.2 Å². The Morgan fingerprint density at radius 1 is 1.17 bits per heavy atom. The van der Waals surface area contributed by atoms with Gasteiger partial charge in [-0.05, 0) is 41.5 Å². The highest BCUT2D eigenvalue weighted by atomic mass is 35.5. The third-order valence-electron chi connectivity index (χ3n) is 4.49. The standard InChI is InChI=1S/C22H21Cl2N3O3/c1-27-11-10-25-22(27)20(15-5-7-16(23)8-6-15)26-19(28)9-4-14-12-17(24)21(30-3)18(13-14)29-2/h4-13,20H,1-3H3,(H,26,28)/b9-4+. The summed E-state index contributed by atoms with van der Waals surface area (Å²) in [5.41, 5.74) is 1.57. The molecular formula is C22H21Cl2N3O3. The number of carbonyl (C=O) groups excluding carboxylic acids is 1. The van der Waals surface area contributed by atoms with Crippen LogP contribution in [0.2, 0.25) is 10.0 Å². The van der Waals surface area contributed by atoms with Crippen molar-refractivity contribution in [1.29, 1.82) is 0 Å². The second-order valence-corrected chi connectivity index (χ2v) is 7.30. The Labute approximate surface area is 185 Å². The van der Waals surface area contributed by atoms with Crippen molar-refractivity contribution in [1.82, 2.24) is 14.9 Å². The molecule has 0 aliphatic carbocycles. The van der Waals surface area contributed by atoms with Crippen LogP contribution < -0.4 is 14.8 Å². The van der Waals surface area contributed by atoms with Crippen molar-refractivity contribution in [3.8, 4) is 11.5 Å². The molecule has 8 heteroatoms. The molecule has 3 rings (SSSR count). The maximum Gasteiger partial charge on any atom is 0.244 e. The number of carbonyl (C=O) groups is 1. The molecule has 6 nitrogen and oxygen atoms in total. The molecule has 3 aromatic rings. The number of ether oxygens (including phenoxy) is 2. The largest absolute Gasteiger partial charge is 0.493 e. The Bertz CT molecular complexity index is 1060. The zero-order valence-electron chi connectivity index (χ0n) is 16.7. The van der Waals surface area contributed by atoms with Crippen LogP contribution >= 0.6 is 23.2 Å². The SMILES string of the molecule is COc1cc(/C=C/C(=O)NC(c2ccc(Cl)cc2)c2nccn2C)cc(Cl)c1OC. The zero-order valence-corrected chi connectivity index (χ0v) is 18.2. The number of rotatable bonds is 7. The van der Waals surface area contributed by atoms with E-state index in [4.69, 9.17) is 32.7 Å². The van der Waals surface area contributed by atoms with E-state index in [1.807, 2.05) is 29.9 Å². The Hall–Kier alpha value is -2.96. The van der Waals surface area contributed by atoms with Crippen molar-refractivity contribution >= 4 is 35.2 Å². The second kappa shape index (κ2) is 9.69. The van der Waals surface area contributed by atoms with Crippen LogP contribution in [-0.4, -0.2) is 29.7 Å². The van der Waals surface area contributed by atoms with Gasteiger partial charge in [0.15, 0.2) is 11.5 Å². The fourth-order valence-electron chi connectivity index (χ4n) is 3.00. The van der Waals surface area contributed by atoms with Crippen LogP contribution in [0, 0.1) is 0 Å². The highest BCUT2D eigenvalue weighted by Crippen LogP contribution is 2.36. The topological polar surface area (TPSA) is 65.4 Å². The summed E-state index contributed by atoms with van der Waals surface area (Å²) in [7, 11) is 4.91. The van der Waals surface area contributed by atoms with Crippen molar-refractivity contribution in [3.05, 3.63) is 81.9 Å². The number of nitrogens with zero attached hydrogens (tertiary/aromatic N) is 2. The highest BCUT2D eigenvalue weighted by Gasteiger charge is 2.20. The lowest BCUT2D eigenvalue weighted by Crippen LogP contribution is -2.29. The van der Waals surface area contributed by atoms with Crippen molar-refractivity contribution in [2.75, 3.05) is 14.2 Å². The molecule has 0 saturated carbocycles. The Morgan fingerprint density at radius 2 is 1.90 bits per heavy atom. The molecule has 0 aliphatic heterocycles. The first-order valence-corrected chi connectivity index (χ1v) is 9.81. The predicted octanol–water partition coefficient (Wildman–Crippen LogP) is 4.66. The molecule has 0 spiro atoms. The zero-order chi connectivity index (χ0) is 21.7. The van der Waals surface area contributed by atoms with Gasteiger partial charge in [0.2, 0.25) is 5.91 Å². The van der Waals surface area contributed by atoms with Crippen molar-refractivity contribution in [3.63, 3.8) is 0 Å². The van der Waals surface area contributed by atoms with Crippen LogP contribution in [0.1, 0.15) is 23.0 Å². The number of aromatic nitrogens is 2. The predicted molar refractivity (Wildman–Crippen MR) is 118 cm³/mol. The van der Waals surface area contributed by atoms with Crippen molar-refractivity contribution < 1.29 is 14.3 Å².